The Morgan fingerprint density at radius 3 is 2.44 bits per heavy atom. The molecule has 2 rings (SSSR count). The molecule has 1 aromatic heterocycles. The van der Waals surface area contributed by atoms with Crippen LogP contribution >= 0.6 is 0 Å². The predicted octanol–water partition coefficient (Wildman–Crippen LogP) is 2.02. The summed E-state index contributed by atoms with van der Waals surface area (Å²) in [5.41, 5.74) is 8.90. The van der Waals surface area contributed by atoms with Crippen molar-refractivity contribution in [2.45, 2.75) is 13.5 Å². The van der Waals surface area contributed by atoms with Crippen LogP contribution in [0.4, 0.5) is 17.3 Å². The minimum Gasteiger partial charge on any atom is -0.393 e. The van der Waals surface area contributed by atoms with Gasteiger partial charge in [0.15, 0.2) is 11.6 Å². The molecule has 0 atom stereocenters. The van der Waals surface area contributed by atoms with Gasteiger partial charge in [-0.25, -0.2) is 9.97 Å². The van der Waals surface area contributed by atoms with Gasteiger partial charge in [0.25, 0.3) is 0 Å². The van der Waals surface area contributed by atoms with Crippen molar-refractivity contribution in [1.82, 2.24) is 9.97 Å². The van der Waals surface area contributed by atoms with Crippen molar-refractivity contribution >= 4 is 17.3 Å². The average molecular weight is 243 g/mol. The second-order valence-corrected chi connectivity index (χ2v) is 4.07. The van der Waals surface area contributed by atoms with Crippen molar-refractivity contribution in [2.24, 2.45) is 0 Å². The molecule has 0 spiro atoms. The Labute approximate surface area is 106 Å². The van der Waals surface area contributed by atoms with Crippen molar-refractivity contribution in [1.29, 1.82) is 0 Å². The van der Waals surface area contributed by atoms with Gasteiger partial charge in [-0.1, -0.05) is 29.8 Å². The molecule has 0 fully saturated rings. The molecule has 18 heavy (non-hydrogen) atoms. The van der Waals surface area contributed by atoms with Crippen LogP contribution in [0.5, 0.6) is 0 Å². The Hall–Kier alpha value is -2.30. The van der Waals surface area contributed by atoms with Crippen LogP contribution in [-0.2, 0) is 6.54 Å². The van der Waals surface area contributed by atoms with Crippen LogP contribution < -0.4 is 16.4 Å². The molecule has 2 aromatic rings. The summed E-state index contributed by atoms with van der Waals surface area (Å²) in [6, 6.07) is 8.33. The summed E-state index contributed by atoms with van der Waals surface area (Å²) in [7, 11) is 1.78. The number of aromatic nitrogens is 2. The fourth-order valence-electron chi connectivity index (χ4n) is 1.63. The standard InChI is InChI=1S/C13H17N5/c1-9-3-5-10(6-4-9)7-16-13-11(14)12(15-2)17-8-18-13/h3-6,8H,7,14H2,1-2H3,(H2,15,16,17,18). The van der Waals surface area contributed by atoms with Crippen LogP contribution in [0.2, 0.25) is 0 Å². The van der Waals surface area contributed by atoms with Crippen LogP contribution in [0.25, 0.3) is 0 Å². The zero-order chi connectivity index (χ0) is 13.0. The van der Waals surface area contributed by atoms with Gasteiger partial charge >= 0.3 is 0 Å². The van der Waals surface area contributed by atoms with E-state index in [-0.39, 0.29) is 0 Å². The Morgan fingerprint density at radius 1 is 1.11 bits per heavy atom. The van der Waals surface area contributed by atoms with Crippen molar-refractivity contribution in [3.63, 3.8) is 0 Å². The first-order valence-corrected chi connectivity index (χ1v) is 5.78. The van der Waals surface area contributed by atoms with Gasteiger partial charge in [0.1, 0.15) is 12.0 Å². The van der Waals surface area contributed by atoms with Gasteiger partial charge < -0.3 is 16.4 Å². The first-order valence-electron chi connectivity index (χ1n) is 5.78. The molecule has 0 unspecified atom stereocenters. The number of nitrogen functional groups attached to an aromatic ring is 1. The lowest BCUT2D eigenvalue weighted by molar-refractivity contribution is 1.08. The number of hydrogen-bond acceptors (Lipinski definition) is 5. The summed E-state index contributed by atoms with van der Waals surface area (Å²) >= 11 is 0. The molecule has 1 heterocycles. The molecule has 5 nitrogen and oxygen atoms in total. The molecule has 0 aliphatic carbocycles. The summed E-state index contributed by atoms with van der Waals surface area (Å²) < 4.78 is 0. The Kier molecular flexibility index (Phi) is 3.62. The highest BCUT2D eigenvalue weighted by Gasteiger charge is 2.05. The topological polar surface area (TPSA) is 75.9 Å². The number of anilines is 3. The molecule has 1 aromatic carbocycles. The van der Waals surface area contributed by atoms with E-state index in [1.165, 1.54) is 17.5 Å². The Bertz CT molecular complexity index is 521. The van der Waals surface area contributed by atoms with Gasteiger partial charge in [0, 0.05) is 13.6 Å². The lowest BCUT2D eigenvalue weighted by atomic mass is 10.1. The Morgan fingerprint density at radius 2 is 1.78 bits per heavy atom. The molecule has 0 aliphatic heterocycles. The maximum atomic E-state index is 5.93. The van der Waals surface area contributed by atoms with Crippen LogP contribution in [0.3, 0.4) is 0 Å². The molecular weight excluding hydrogens is 226 g/mol. The van der Waals surface area contributed by atoms with Gasteiger partial charge in [-0.3, -0.25) is 0 Å². The van der Waals surface area contributed by atoms with E-state index < -0.39 is 0 Å². The second-order valence-electron chi connectivity index (χ2n) is 4.07. The quantitative estimate of drug-likeness (QED) is 0.766. The van der Waals surface area contributed by atoms with E-state index in [9.17, 15) is 0 Å². The highest BCUT2D eigenvalue weighted by atomic mass is 15.1. The van der Waals surface area contributed by atoms with E-state index in [0.29, 0.717) is 23.9 Å². The highest BCUT2D eigenvalue weighted by Crippen LogP contribution is 2.22. The molecule has 0 saturated carbocycles. The van der Waals surface area contributed by atoms with Crippen LogP contribution in [0, 0.1) is 6.92 Å². The first kappa shape index (κ1) is 12.2. The van der Waals surface area contributed by atoms with Gasteiger partial charge in [-0.2, -0.15) is 0 Å². The maximum Gasteiger partial charge on any atom is 0.155 e. The fourth-order valence-corrected chi connectivity index (χ4v) is 1.63. The molecule has 5 heteroatoms. The van der Waals surface area contributed by atoms with Crippen LogP contribution in [0.15, 0.2) is 30.6 Å². The fraction of sp³-hybridized carbons (Fsp3) is 0.231. The SMILES string of the molecule is CNc1ncnc(NCc2ccc(C)cc2)c1N. The normalized spacial score (nSPS) is 10.1. The summed E-state index contributed by atoms with van der Waals surface area (Å²) in [6.45, 7) is 2.75. The summed E-state index contributed by atoms with van der Waals surface area (Å²) in [4.78, 5) is 8.17. The summed E-state index contributed by atoms with van der Waals surface area (Å²) in [5, 5.41) is 6.13. The number of nitrogens with one attached hydrogen (secondary N) is 2. The minimum atomic E-state index is 0.534. The van der Waals surface area contributed by atoms with Crippen LogP contribution in [-0.4, -0.2) is 17.0 Å². The number of rotatable bonds is 4. The molecule has 0 saturated heterocycles. The second kappa shape index (κ2) is 5.35. The van der Waals surface area contributed by atoms with E-state index in [0.717, 1.165) is 0 Å². The molecule has 0 bridgehead atoms. The maximum absolute atomic E-state index is 5.93. The lowest BCUT2D eigenvalue weighted by Crippen LogP contribution is -2.08. The van der Waals surface area contributed by atoms with Gasteiger partial charge in [-0.15, -0.1) is 0 Å². The molecule has 0 radical (unpaired) electrons. The Balaban J connectivity index is 2.08. The zero-order valence-electron chi connectivity index (χ0n) is 10.6. The zero-order valence-corrected chi connectivity index (χ0v) is 10.6. The van der Waals surface area contributed by atoms with Gasteiger partial charge in [0.2, 0.25) is 0 Å². The minimum absolute atomic E-state index is 0.534. The van der Waals surface area contributed by atoms with E-state index in [1.54, 1.807) is 7.05 Å². The average Bonchev–Trinajstić information content (AvgIpc) is 2.39. The number of benzene rings is 1. The third-order valence-electron chi connectivity index (χ3n) is 2.70. The molecular formula is C13H17N5. The van der Waals surface area contributed by atoms with Crippen molar-refractivity contribution in [3.05, 3.63) is 41.7 Å². The third-order valence-corrected chi connectivity index (χ3v) is 2.70. The van der Waals surface area contributed by atoms with Crippen molar-refractivity contribution in [2.75, 3.05) is 23.4 Å². The number of nitrogens with zero attached hydrogens (tertiary/aromatic N) is 2. The molecule has 0 aliphatic rings. The van der Waals surface area contributed by atoms with Crippen molar-refractivity contribution < 1.29 is 0 Å². The van der Waals surface area contributed by atoms with E-state index in [1.807, 2.05) is 0 Å². The largest absolute Gasteiger partial charge is 0.393 e. The first-order chi connectivity index (χ1) is 8.70. The third kappa shape index (κ3) is 2.68. The number of nitrogens with two attached hydrogens (primary N) is 1. The van der Waals surface area contributed by atoms with Gasteiger partial charge in [0.05, 0.1) is 0 Å². The lowest BCUT2D eigenvalue weighted by Gasteiger charge is -2.10. The summed E-state index contributed by atoms with van der Waals surface area (Å²) in [5.74, 6) is 1.28. The monoisotopic (exact) mass is 243 g/mol. The number of aryl methyl sites for hydroxylation is 1. The van der Waals surface area contributed by atoms with Crippen molar-refractivity contribution in [3.8, 4) is 0 Å². The van der Waals surface area contributed by atoms with Crippen LogP contribution in [0.1, 0.15) is 11.1 Å². The predicted molar refractivity (Wildman–Crippen MR) is 74.5 cm³/mol. The van der Waals surface area contributed by atoms with Gasteiger partial charge in [-0.05, 0) is 12.5 Å². The van der Waals surface area contributed by atoms with E-state index >= 15 is 0 Å². The molecule has 4 N–H and O–H groups in total. The highest BCUT2D eigenvalue weighted by molar-refractivity contribution is 5.73. The molecule has 94 valence electrons. The molecule has 0 amide bonds. The summed E-state index contributed by atoms with van der Waals surface area (Å²) in [6.07, 6.45) is 1.49. The van der Waals surface area contributed by atoms with E-state index in [4.69, 9.17) is 5.73 Å². The number of hydrogen-bond donors (Lipinski definition) is 3. The van der Waals surface area contributed by atoms with E-state index in [2.05, 4.69) is 51.8 Å². The smallest absolute Gasteiger partial charge is 0.155 e.